The second-order valence-corrected chi connectivity index (χ2v) is 5.49. The number of anilines is 2. The molecular weight excluding hydrogens is 321 g/mol. The molecule has 0 spiro atoms. The minimum absolute atomic E-state index is 0.103. The van der Waals surface area contributed by atoms with E-state index < -0.39 is 11.8 Å². The standard InChI is InChI=1S/C19H16FN3O2/c1-12-11-13(2)22-19(21-12)23-14-7-9-15(10-8-14)25-18(24)16-5-3-4-6-17(16)20/h3-11H,1-2H3,(H,21,22,23). The molecule has 2 aromatic carbocycles. The van der Waals surface area contributed by atoms with Crippen molar-refractivity contribution < 1.29 is 13.9 Å². The third-order valence-electron chi connectivity index (χ3n) is 3.40. The summed E-state index contributed by atoms with van der Waals surface area (Å²) in [7, 11) is 0. The third-order valence-corrected chi connectivity index (χ3v) is 3.40. The highest BCUT2D eigenvalue weighted by Gasteiger charge is 2.13. The number of hydrogen-bond donors (Lipinski definition) is 1. The summed E-state index contributed by atoms with van der Waals surface area (Å²) in [4.78, 5) is 20.6. The zero-order valence-electron chi connectivity index (χ0n) is 13.8. The van der Waals surface area contributed by atoms with Gasteiger partial charge in [0.05, 0.1) is 5.56 Å². The van der Waals surface area contributed by atoms with E-state index in [0.717, 1.165) is 17.1 Å². The lowest BCUT2D eigenvalue weighted by atomic mass is 10.2. The molecule has 0 unspecified atom stereocenters. The van der Waals surface area contributed by atoms with Crippen LogP contribution in [0.1, 0.15) is 21.7 Å². The lowest BCUT2D eigenvalue weighted by Gasteiger charge is -2.08. The van der Waals surface area contributed by atoms with Crippen molar-refractivity contribution in [2.24, 2.45) is 0 Å². The first-order valence-corrected chi connectivity index (χ1v) is 7.67. The van der Waals surface area contributed by atoms with Gasteiger partial charge >= 0.3 is 5.97 Å². The molecule has 0 saturated carbocycles. The number of nitrogens with one attached hydrogen (secondary N) is 1. The predicted molar refractivity (Wildman–Crippen MR) is 92.6 cm³/mol. The first-order valence-electron chi connectivity index (χ1n) is 7.67. The Bertz CT molecular complexity index is 891. The zero-order valence-corrected chi connectivity index (χ0v) is 13.8. The van der Waals surface area contributed by atoms with E-state index in [9.17, 15) is 9.18 Å². The lowest BCUT2D eigenvalue weighted by Crippen LogP contribution is -2.10. The Hall–Kier alpha value is -3.28. The number of carbonyl (C=O) groups is 1. The number of aryl methyl sites for hydroxylation is 2. The van der Waals surface area contributed by atoms with Crippen molar-refractivity contribution in [1.82, 2.24) is 9.97 Å². The van der Waals surface area contributed by atoms with Crippen LogP contribution in [0.5, 0.6) is 5.75 Å². The van der Waals surface area contributed by atoms with E-state index in [4.69, 9.17) is 4.74 Å². The molecule has 3 rings (SSSR count). The average Bonchev–Trinajstić information content (AvgIpc) is 2.56. The van der Waals surface area contributed by atoms with Crippen molar-refractivity contribution in [2.75, 3.05) is 5.32 Å². The Labute approximate surface area is 144 Å². The highest BCUT2D eigenvalue weighted by molar-refractivity contribution is 5.91. The van der Waals surface area contributed by atoms with Gasteiger partial charge in [-0.05, 0) is 56.3 Å². The molecule has 0 aliphatic carbocycles. The molecule has 5 nitrogen and oxygen atoms in total. The molecular formula is C19H16FN3O2. The maximum absolute atomic E-state index is 13.6. The normalized spacial score (nSPS) is 10.4. The Balaban J connectivity index is 1.70. The molecule has 0 saturated heterocycles. The van der Waals surface area contributed by atoms with Crippen molar-refractivity contribution in [1.29, 1.82) is 0 Å². The van der Waals surface area contributed by atoms with Crippen LogP contribution in [-0.4, -0.2) is 15.9 Å². The van der Waals surface area contributed by atoms with Gasteiger partial charge in [-0.2, -0.15) is 0 Å². The van der Waals surface area contributed by atoms with Gasteiger partial charge in [-0.15, -0.1) is 0 Å². The molecule has 0 aliphatic heterocycles. The highest BCUT2D eigenvalue weighted by atomic mass is 19.1. The van der Waals surface area contributed by atoms with Crippen LogP contribution >= 0.6 is 0 Å². The third kappa shape index (κ3) is 4.17. The van der Waals surface area contributed by atoms with Crippen molar-refractivity contribution in [3.8, 4) is 5.75 Å². The van der Waals surface area contributed by atoms with E-state index in [1.165, 1.54) is 18.2 Å². The van der Waals surface area contributed by atoms with E-state index in [1.54, 1.807) is 30.3 Å². The number of nitrogens with zero attached hydrogens (tertiary/aromatic N) is 2. The van der Waals surface area contributed by atoms with Crippen LogP contribution in [-0.2, 0) is 0 Å². The van der Waals surface area contributed by atoms with Gasteiger partial charge < -0.3 is 10.1 Å². The summed E-state index contributed by atoms with van der Waals surface area (Å²) in [6.07, 6.45) is 0. The topological polar surface area (TPSA) is 64.1 Å². The van der Waals surface area contributed by atoms with Gasteiger partial charge in [0.15, 0.2) is 0 Å². The van der Waals surface area contributed by atoms with Crippen LogP contribution < -0.4 is 10.1 Å². The Kier molecular flexibility index (Phi) is 4.70. The molecule has 3 aromatic rings. The van der Waals surface area contributed by atoms with Crippen LogP contribution in [0.15, 0.2) is 54.6 Å². The zero-order chi connectivity index (χ0) is 17.8. The number of ether oxygens (including phenoxy) is 1. The maximum atomic E-state index is 13.6. The molecule has 1 aromatic heterocycles. The minimum atomic E-state index is -0.739. The van der Waals surface area contributed by atoms with Gasteiger partial charge in [-0.25, -0.2) is 19.2 Å². The van der Waals surface area contributed by atoms with Gasteiger partial charge in [-0.3, -0.25) is 0 Å². The van der Waals surface area contributed by atoms with Crippen molar-refractivity contribution in [2.45, 2.75) is 13.8 Å². The number of hydrogen-bond acceptors (Lipinski definition) is 5. The SMILES string of the molecule is Cc1cc(C)nc(Nc2ccc(OC(=O)c3ccccc3F)cc2)n1. The number of halogens is 1. The molecule has 0 atom stereocenters. The number of benzene rings is 2. The summed E-state index contributed by atoms with van der Waals surface area (Å²) < 4.78 is 18.8. The summed E-state index contributed by atoms with van der Waals surface area (Å²) in [5, 5.41) is 3.08. The predicted octanol–water partition coefficient (Wildman–Crippen LogP) is 4.20. The Morgan fingerprint density at radius 2 is 1.64 bits per heavy atom. The van der Waals surface area contributed by atoms with Crippen LogP contribution in [0.3, 0.4) is 0 Å². The largest absolute Gasteiger partial charge is 0.423 e. The molecule has 6 heteroatoms. The molecule has 0 aliphatic rings. The number of aromatic nitrogens is 2. The van der Waals surface area contributed by atoms with Crippen LogP contribution in [0.25, 0.3) is 0 Å². The average molecular weight is 337 g/mol. The van der Waals surface area contributed by atoms with E-state index in [0.29, 0.717) is 11.7 Å². The second kappa shape index (κ2) is 7.09. The smallest absolute Gasteiger partial charge is 0.346 e. The van der Waals surface area contributed by atoms with Crippen molar-refractivity contribution in [3.05, 3.63) is 77.4 Å². The van der Waals surface area contributed by atoms with Gasteiger partial charge in [-0.1, -0.05) is 12.1 Å². The summed E-state index contributed by atoms with van der Waals surface area (Å²) in [6, 6.07) is 14.3. The molecule has 0 fully saturated rings. The van der Waals surface area contributed by atoms with Gasteiger partial charge in [0.2, 0.25) is 5.95 Å². The molecule has 25 heavy (non-hydrogen) atoms. The van der Waals surface area contributed by atoms with Crippen molar-refractivity contribution >= 4 is 17.6 Å². The second-order valence-electron chi connectivity index (χ2n) is 5.49. The maximum Gasteiger partial charge on any atom is 0.346 e. The number of rotatable bonds is 4. The molecule has 0 amide bonds. The van der Waals surface area contributed by atoms with E-state index in [-0.39, 0.29) is 5.56 Å². The van der Waals surface area contributed by atoms with Gasteiger partial charge in [0.25, 0.3) is 0 Å². The molecule has 1 N–H and O–H groups in total. The summed E-state index contributed by atoms with van der Waals surface area (Å²) in [5.74, 6) is -0.539. The minimum Gasteiger partial charge on any atom is -0.423 e. The van der Waals surface area contributed by atoms with Crippen LogP contribution in [0.2, 0.25) is 0 Å². The molecule has 126 valence electrons. The quantitative estimate of drug-likeness (QED) is 0.571. The Morgan fingerprint density at radius 3 is 2.28 bits per heavy atom. The summed E-state index contributed by atoms with van der Waals surface area (Å²) >= 11 is 0. The molecule has 0 bridgehead atoms. The Morgan fingerprint density at radius 1 is 1.00 bits per heavy atom. The fourth-order valence-electron chi connectivity index (χ4n) is 2.31. The first-order chi connectivity index (χ1) is 12.0. The monoisotopic (exact) mass is 337 g/mol. The van der Waals surface area contributed by atoms with E-state index in [2.05, 4.69) is 15.3 Å². The van der Waals surface area contributed by atoms with E-state index >= 15 is 0 Å². The van der Waals surface area contributed by atoms with Crippen molar-refractivity contribution in [3.63, 3.8) is 0 Å². The molecule has 0 radical (unpaired) electrons. The fourth-order valence-corrected chi connectivity index (χ4v) is 2.31. The van der Waals surface area contributed by atoms with Crippen LogP contribution in [0.4, 0.5) is 16.0 Å². The van der Waals surface area contributed by atoms with Crippen LogP contribution in [0, 0.1) is 19.7 Å². The lowest BCUT2D eigenvalue weighted by molar-refractivity contribution is 0.0730. The highest BCUT2D eigenvalue weighted by Crippen LogP contribution is 2.20. The van der Waals surface area contributed by atoms with Gasteiger partial charge in [0, 0.05) is 17.1 Å². The molecule has 1 heterocycles. The first kappa shape index (κ1) is 16.6. The van der Waals surface area contributed by atoms with Gasteiger partial charge in [0.1, 0.15) is 11.6 Å². The van der Waals surface area contributed by atoms with E-state index in [1.807, 2.05) is 19.9 Å². The number of carbonyl (C=O) groups excluding carboxylic acids is 1. The summed E-state index contributed by atoms with van der Waals surface area (Å²) in [5.41, 5.74) is 2.37. The fraction of sp³-hybridized carbons (Fsp3) is 0.105. The number of esters is 1. The summed E-state index contributed by atoms with van der Waals surface area (Å²) in [6.45, 7) is 3.79.